The number of aromatic amines is 1. The van der Waals surface area contributed by atoms with Gasteiger partial charge >= 0.3 is 11.7 Å². The number of esters is 1. The summed E-state index contributed by atoms with van der Waals surface area (Å²) < 4.78 is 25.3. The van der Waals surface area contributed by atoms with Crippen LogP contribution in [0.15, 0.2) is 76.4 Å². The lowest BCUT2D eigenvalue weighted by atomic mass is 9.96. The summed E-state index contributed by atoms with van der Waals surface area (Å²) >= 11 is 0. The summed E-state index contributed by atoms with van der Waals surface area (Å²) in [5, 5.41) is 0. The Labute approximate surface area is 214 Å². The second kappa shape index (κ2) is 11.4. The Kier molecular flexibility index (Phi) is 8.04. The molecule has 3 aromatic rings. The van der Waals surface area contributed by atoms with E-state index in [2.05, 4.69) is 10.9 Å². The lowest BCUT2D eigenvalue weighted by molar-refractivity contribution is -0.158. The zero-order valence-electron chi connectivity index (χ0n) is 20.6. The molecule has 2 heterocycles. The third-order valence-corrected chi connectivity index (χ3v) is 6.04. The molecular formula is C28H28N2O7. The van der Waals surface area contributed by atoms with Gasteiger partial charge in [-0.1, -0.05) is 66.6 Å². The number of H-pyrrole nitrogens is 1. The monoisotopic (exact) mass is 504 g/mol. The van der Waals surface area contributed by atoms with Gasteiger partial charge in [0.2, 0.25) is 0 Å². The highest BCUT2D eigenvalue weighted by atomic mass is 16.6. The van der Waals surface area contributed by atoms with E-state index >= 15 is 0 Å². The van der Waals surface area contributed by atoms with Gasteiger partial charge in [-0.25, -0.2) is 4.79 Å². The normalized spacial score (nSPS) is 22.9. The van der Waals surface area contributed by atoms with E-state index in [0.717, 1.165) is 15.7 Å². The standard InChI is InChI=1S/C28H28N2O7/c1-4-28(18-34-16-21-11-7-5-8-12-21)24(35-17-22-13-9-6-10-14-22)23(36-20(3)31)26(37-28)30-15-19(2)25(32)29-27(30)33/h1,5-15,23-24,26H,16-18H2,2-3H3,(H,29,32,33)/t23?,24?,26-,28-/m1/s1. The van der Waals surface area contributed by atoms with Crippen molar-refractivity contribution in [2.75, 3.05) is 6.61 Å². The Bertz CT molecular complexity index is 1380. The number of hydrogen-bond acceptors (Lipinski definition) is 7. The Hall–Kier alpha value is -3.97. The average Bonchev–Trinajstić information content (AvgIpc) is 3.18. The highest BCUT2D eigenvalue weighted by Crippen LogP contribution is 2.41. The van der Waals surface area contributed by atoms with Gasteiger partial charge in [0.25, 0.3) is 5.56 Å². The van der Waals surface area contributed by atoms with Crippen molar-refractivity contribution in [3.05, 3.63) is 104 Å². The van der Waals surface area contributed by atoms with Gasteiger partial charge < -0.3 is 18.9 Å². The number of nitrogens with one attached hydrogen (secondary N) is 1. The lowest BCUT2D eigenvalue weighted by Gasteiger charge is -2.30. The smallest absolute Gasteiger partial charge is 0.330 e. The minimum atomic E-state index is -1.52. The topological polar surface area (TPSA) is 109 Å². The minimum absolute atomic E-state index is 0.108. The molecule has 0 bridgehead atoms. The molecule has 0 spiro atoms. The van der Waals surface area contributed by atoms with Crippen molar-refractivity contribution in [1.82, 2.24) is 9.55 Å². The molecule has 4 rings (SSSR count). The van der Waals surface area contributed by atoms with Crippen molar-refractivity contribution in [2.45, 2.75) is 51.1 Å². The highest BCUT2D eigenvalue weighted by molar-refractivity contribution is 5.66. The lowest BCUT2D eigenvalue weighted by Crippen LogP contribution is -2.48. The van der Waals surface area contributed by atoms with Crippen molar-refractivity contribution in [2.24, 2.45) is 0 Å². The van der Waals surface area contributed by atoms with Gasteiger partial charge in [0, 0.05) is 18.7 Å². The Morgan fingerprint density at radius 3 is 2.30 bits per heavy atom. The number of rotatable bonds is 9. The fraction of sp³-hybridized carbons (Fsp3) is 0.321. The largest absolute Gasteiger partial charge is 0.455 e. The van der Waals surface area contributed by atoms with Crippen LogP contribution in [0.4, 0.5) is 0 Å². The number of ether oxygens (including phenoxy) is 4. The third-order valence-electron chi connectivity index (χ3n) is 6.04. The van der Waals surface area contributed by atoms with Gasteiger partial charge in [0.05, 0.1) is 19.8 Å². The summed E-state index contributed by atoms with van der Waals surface area (Å²) in [6.07, 6.45) is 4.07. The molecule has 0 radical (unpaired) electrons. The van der Waals surface area contributed by atoms with E-state index in [4.69, 9.17) is 25.4 Å². The SMILES string of the molecule is C#C[C@]1(COCc2ccccc2)O[C@@H](n2cc(C)c(=O)[nH]c2=O)C(OC(C)=O)C1OCc1ccccc1. The molecule has 2 unspecified atom stereocenters. The van der Waals surface area contributed by atoms with Crippen LogP contribution in [-0.4, -0.2) is 39.9 Å². The Morgan fingerprint density at radius 1 is 1.08 bits per heavy atom. The molecule has 0 amide bonds. The molecular weight excluding hydrogens is 476 g/mol. The van der Waals surface area contributed by atoms with E-state index in [1.54, 1.807) is 6.92 Å². The fourth-order valence-electron chi connectivity index (χ4n) is 4.22. The maximum absolute atomic E-state index is 12.8. The predicted molar refractivity (Wildman–Crippen MR) is 134 cm³/mol. The summed E-state index contributed by atoms with van der Waals surface area (Å²) in [5.41, 5.74) is -0.731. The summed E-state index contributed by atoms with van der Waals surface area (Å²) in [6, 6.07) is 18.9. The zero-order chi connectivity index (χ0) is 26.4. The van der Waals surface area contributed by atoms with Crippen LogP contribution in [0.25, 0.3) is 0 Å². The molecule has 1 N–H and O–H groups in total. The third kappa shape index (κ3) is 5.89. The highest BCUT2D eigenvalue weighted by Gasteiger charge is 2.58. The van der Waals surface area contributed by atoms with E-state index in [0.29, 0.717) is 0 Å². The van der Waals surface area contributed by atoms with Crippen molar-refractivity contribution in [3.63, 3.8) is 0 Å². The summed E-state index contributed by atoms with van der Waals surface area (Å²) in [4.78, 5) is 39.1. The molecule has 1 fully saturated rings. The van der Waals surface area contributed by atoms with E-state index in [9.17, 15) is 14.4 Å². The molecule has 192 valence electrons. The van der Waals surface area contributed by atoms with Crippen molar-refractivity contribution in [1.29, 1.82) is 0 Å². The number of aromatic nitrogens is 2. The van der Waals surface area contributed by atoms with Crippen LogP contribution >= 0.6 is 0 Å². The molecule has 37 heavy (non-hydrogen) atoms. The van der Waals surface area contributed by atoms with Crippen LogP contribution in [0.3, 0.4) is 0 Å². The Morgan fingerprint density at radius 2 is 1.70 bits per heavy atom. The molecule has 1 aliphatic heterocycles. The number of carbonyl (C=O) groups is 1. The number of hydrogen-bond donors (Lipinski definition) is 1. The van der Waals surface area contributed by atoms with Crippen LogP contribution in [0.2, 0.25) is 0 Å². The van der Waals surface area contributed by atoms with Gasteiger partial charge in [-0.05, 0) is 18.1 Å². The first kappa shape index (κ1) is 26.1. The summed E-state index contributed by atoms with van der Waals surface area (Å²) in [5.74, 6) is 2.04. The first-order valence-electron chi connectivity index (χ1n) is 11.7. The molecule has 9 heteroatoms. The van der Waals surface area contributed by atoms with E-state index in [1.165, 1.54) is 13.1 Å². The Balaban J connectivity index is 1.71. The van der Waals surface area contributed by atoms with E-state index < -0.39 is 41.3 Å². The van der Waals surface area contributed by atoms with Gasteiger partial charge in [-0.2, -0.15) is 0 Å². The molecule has 4 atom stereocenters. The fourth-order valence-corrected chi connectivity index (χ4v) is 4.22. The van der Waals surface area contributed by atoms with Gasteiger partial charge in [0.1, 0.15) is 6.10 Å². The zero-order valence-corrected chi connectivity index (χ0v) is 20.6. The van der Waals surface area contributed by atoms with Crippen LogP contribution in [-0.2, 0) is 37.0 Å². The van der Waals surface area contributed by atoms with Crippen LogP contribution in [0.5, 0.6) is 0 Å². The number of carbonyl (C=O) groups excluding carboxylic acids is 1. The van der Waals surface area contributed by atoms with Crippen molar-refractivity contribution < 1.29 is 23.7 Å². The molecule has 1 aromatic heterocycles. The van der Waals surface area contributed by atoms with Gasteiger partial charge in [-0.3, -0.25) is 19.1 Å². The van der Waals surface area contributed by atoms with Crippen molar-refractivity contribution in [3.8, 4) is 12.3 Å². The first-order chi connectivity index (χ1) is 17.8. The van der Waals surface area contributed by atoms with Gasteiger partial charge in [-0.15, -0.1) is 6.42 Å². The maximum Gasteiger partial charge on any atom is 0.330 e. The minimum Gasteiger partial charge on any atom is -0.455 e. The second-order valence-corrected chi connectivity index (χ2v) is 8.79. The summed E-state index contributed by atoms with van der Waals surface area (Å²) in [6.45, 7) is 3.07. The van der Waals surface area contributed by atoms with Crippen LogP contribution in [0.1, 0.15) is 29.8 Å². The number of terminal acetylenes is 1. The molecule has 0 aliphatic carbocycles. The van der Waals surface area contributed by atoms with E-state index in [1.807, 2.05) is 60.7 Å². The predicted octanol–water partition coefficient (Wildman–Crippen LogP) is 2.48. The molecule has 1 aliphatic rings. The van der Waals surface area contributed by atoms with E-state index in [-0.39, 0.29) is 25.4 Å². The summed E-state index contributed by atoms with van der Waals surface area (Å²) in [7, 11) is 0. The molecule has 0 saturated carbocycles. The number of nitrogens with zero attached hydrogens (tertiary/aromatic N) is 1. The second-order valence-electron chi connectivity index (χ2n) is 8.79. The van der Waals surface area contributed by atoms with Crippen molar-refractivity contribution >= 4 is 5.97 Å². The molecule has 9 nitrogen and oxygen atoms in total. The van der Waals surface area contributed by atoms with Crippen LogP contribution < -0.4 is 11.2 Å². The average molecular weight is 505 g/mol. The maximum atomic E-state index is 12.8. The number of benzene rings is 2. The quantitative estimate of drug-likeness (QED) is 0.352. The van der Waals surface area contributed by atoms with Gasteiger partial charge in [0.15, 0.2) is 17.9 Å². The first-order valence-corrected chi connectivity index (χ1v) is 11.7. The van der Waals surface area contributed by atoms with Crippen LogP contribution in [0, 0.1) is 19.3 Å². The number of aryl methyl sites for hydroxylation is 1. The molecule has 1 saturated heterocycles. The molecule has 2 aromatic carbocycles.